The molecular weight excluding hydrogens is 272 g/mol. The van der Waals surface area contributed by atoms with Crippen molar-refractivity contribution in [1.29, 1.82) is 0 Å². The zero-order chi connectivity index (χ0) is 14.6. The Hall–Kier alpha value is -1.12. The number of fused-ring (bicyclic) bond motifs is 3. The van der Waals surface area contributed by atoms with Gasteiger partial charge in [0.15, 0.2) is 0 Å². The highest BCUT2D eigenvalue weighted by Crippen LogP contribution is 2.54. The zero-order valence-electron chi connectivity index (χ0n) is 12.5. The molecule has 2 fully saturated rings. The maximum absolute atomic E-state index is 11.2. The molecule has 1 nitrogen and oxygen atoms in total. The Morgan fingerprint density at radius 1 is 1.05 bits per heavy atom. The second kappa shape index (κ2) is 4.69. The van der Waals surface area contributed by atoms with E-state index >= 15 is 0 Å². The van der Waals surface area contributed by atoms with E-state index in [0.29, 0.717) is 5.92 Å². The van der Waals surface area contributed by atoms with Crippen LogP contribution in [0, 0.1) is 17.8 Å². The van der Waals surface area contributed by atoms with Crippen LogP contribution in [-0.4, -0.2) is 15.3 Å². The minimum atomic E-state index is -0.694. The van der Waals surface area contributed by atoms with E-state index < -0.39 is 5.60 Å². The van der Waals surface area contributed by atoms with Crippen molar-refractivity contribution in [2.45, 2.75) is 38.2 Å². The molecule has 21 heavy (non-hydrogen) atoms. The molecule has 0 heterocycles. The second-order valence-electron chi connectivity index (χ2n) is 7.21. The van der Waals surface area contributed by atoms with Gasteiger partial charge in [-0.25, -0.2) is 0 Å². The van der Waals surface area contributed by atoms with Crippen LogP contribution < -0.4 is 5.19 Å². The van der Waals surface area contributed by atoms with Crippen LogP contribution in [0.5, 0.6) is 0 Å². The van der Waals surface area contributed by atoms with Gasteiger partial charge in [0.2, 0.25) is 0 Å². The van der Waals surface area contributed by atoms with Gasteiger partial charge in [-0.3, -0.25) is 0 Å². The SMILES string of the molecule is CC(O)(c1ccc2cc([Si])ccc2c1)C1CC2CCC1C2. The van der Waals surface area contributed by atoms with Crippen LogP contribution >= 0.6 is 0 Å². The summed E-state index contributed by atoms with van der Waals surface area (Å²) in [4.78, 5) is 0. The van der Waals surface area contributed by atoms with Gasteiger partial charge >= 0.3 is 0 Å². The van der Waals surface area contributed by atoms with Crippen molar-refractivity contribution in [1.82, 2.24) is 0 Å². The van der Waals surface area contributed by atoms with Gasteiger partial charge in [0.1, 0.15) is 0 Å². The first-order valence-electron chi connectivity index (χ1n) is 8.02. The number of aliphatic hydroxyl groups is 1. The van der Waals surface area contributed by atoms with Crippen LogP contribution in [0.3, 0.4) is 0 Å². The normalized spacial score (nSPS) is 30.7. The van der Waals surface area contributed by atoms with Gasteiger partial charge in [-0.1, -0.05) is 41.9 Å². The van der Waals surface area contributed by atoms with E-state index in [0.717, 1.165) is 22.6 Å². The molecule has 2 heteroatoms. The van der Waals surface area contributed by atoms with Crippen molar-refractivity contribution < 1.29 is 5.11 Å². The lowest BCUT2D eigenvalue weighted by Gasteiger charge is -2.36. The maximum atomic E-state index is 11.2. The van der Waals surface area contributed by atoms with Gasteiger partial charge < -0.3 is 5.11 Å². The lowest BCUT2D eigenvalue weighted by Crippen LogP contribution is -2.35. The van der Waals surface area contributed by atoms with E-state index in [1.807, 2.05) is 6.92 Å². The van der Waals surface area contributed by atoms with Crippen LogP contribution in [-0.2, 0) is 5.60 Å². The average Bonchev–Trinajstić information content (AvgIpc) is 3.09. The molecule has 0 amide bonds. The summed E-state index contributed by atoms with van der Waals surface area (Å²) in [5.41, 5.74) is 0.384. The summed E-state index contributed by atoms with van der Waals surface area (Å²) in [5.74, 6) is 2.02. The third-order valence-corrected chi connectivity index (χ3v) is 6.20. The molecule has 0 spiro atoms. The summed E-state index contributed by atoms with van der Waals surface area (Å²) in [5, 5.41) is 14.7. The summed E-state index contributed by atoms with van der Waals surface area (Å²) in [6.45, 7) is 2.03. The molecular formula is C19H21OSi. The Bertz CT molecular complexity index is 691. The highest BCUT2D eigenvalue weighted by atomic mass is 28.1. The van der Waals surface area contributed by atoms with E-state index in [9.17, 15) is 5.11 Å². The van der Waals surface area contributed by atoms with E-state index in [1.54, 1.807) is 0 Å². The molecule has 4 atom stereocenters. The third-order valence-electron chi connectivity index (χ3n) is 5.88. The molecule has 0 aromatic heterocycles. The van der Waals surface area contributed by atoms with Gasteiger partial charge in [-0.05, 0) is 66.3 Å². The molecule has 2 aliphatic carbocycles. The fraction of sp³-hybridized carbons (Fsp3) is 0.474. The molecule has 2 aromatic rings. The number of hydrogen-bond donors (Lipinski definition) is 1. The molecule has 0 aliphatic heterocycles. The van der Waals surface area contributed by atoms with E-state index in [-0.39, 0.29) is 0 Å². The number of benzene rings is 2. The molecule has 4 unspecified atom stereocenters. The molecule has 1 N–H and O–H groups in total. The highest BCUT2D eigenvalue weighted by Gasteiger charge is 2.48. The predicted molar refractivity (Wildman–Crippen MR) is 87.8 cm³/mol. The van der Waals surface area contributed by atoms with Gasteiger partial charge in [-0.15, -0.1) is 0 Å². The molecule has 0 saturated heterocycles. The van der Waals surface area contributed by atoms with E-state index in [2.05, 4.69) is 46.6 Å². The molecule has 4 rings (SSSR count). The smallest absolute Gasteiger partial charge is 0.0899 e. The maximum Gasteiger partial charge on any atom is 0.0899 e. The Morgan fingerprint density at radius 2 is 1.81 bits per heavy atom. The Balaban J connectivity index is 1.73. The molecule has 2 bridgehead atoms. The van der Waals surface area contributed by atoms with Crippen molar-refractivity contribution in [3.05, 3.63) is 42.0 Å². The van der Waals surface area contributed by atoms with Crippen molar-refractivity contribution in [2.24, 2.45) is 17.8 Å². The number of rotatable bonds is 2. The lowest BCUT2D eigenvalue weighted by molar-refractivity contribution is -0.0295. The first-order chi connectivity index (χ1) is 10.0. The molecule has 2 aromatic carbocycles. The minimum Gasteiger partial charge on any atom is -0.385 e. The van der Waals surface area contributed by atoms with Gasteiger partial charge in [0, 0.05) is 0 Å². The Labute approximate surface area is 129 Å². The highest BCUT2D eigenvalue weighted by molar-refractivity contribution is 6.33. The molecule has 107 valence electrons. The second-order valence-corrected chi connectivity index (χ2v) is 7.78. The average molecular weight is 293 g/mol. The van der Waals surface area contributed by atoms with Crippen LogP contribution in [0.4, 0.5) is 0 Å². The molecule has 2 aliphatic rings. The van der Waals surface area contributed by atoms with Gasteiger partial charge in [0.05, 0.1) is 15.8 Å². The first kappa shape index (κ1) is 13.5. The van der Waals surface area contributed by atoms with E-state index in [4.69, 9.17) is 0 Å². The van der Waals surface area contributed by atoms with Crippen LogP contribution in [0.2, 0.25) is 0 Å². The predicted octanol–water partition coefficient (Wildman–Crippen LogP) is 3.28. The van der Waals surface area contributed by atoms with Crippen molar-refractivity contribution in [3.8, 4) is 0 Å². The quantitative estimate of drug-likeness (QED) is 0.843. The van der Waals surface area contributed by atoms with Crippen LogP contribution in [0.15, 0.2) is 36.4 Å². The van der Waals surface area contributed by atoms with Gasteiger partial charge in [0.25, 0.3) is 0 Å². The first-order valence-corrected chi connectivity index (χ1v) is 8.52. The summed E-state index contributed by atoms with van der Waals surface area (Å²) in [6.07, 6.45) is 5.23. The van der Waals surface area contributed by atoms with Crippen molar-refractivity contribution in [3.63, 3.8) is 0 Å². The van der Waals surface area contributed by atoms with E-state index in [1.165, 1.54) is 36.5 Å². The third kappa shape index (κ3) is 2.16. The monoisotopic (exact) mass is 293 g/mol. The summed E-state index contributed by atoms with van der Waals surface area (Å²) in [6, 6.07) is 12.7. The lowest BCUT2D eigenvalue weighted by atomic mass is 9.73. The number of hydrogen-bond acceptors (Lipinski definition) is 1. The zero-order valence-corrected chi connectivity index (χ0v) is 13.5. The molecule has 3 radical (unpaired) electrons. The Morgan fingerprint density at radius 3 is 2.52 bits per heavy atom. The summed E-state index contributed by atoms with van der Waals surface area (Å²) < 4.78 is 0. The Kier molecular flexibility index (Phi) is 3.02. The summed E-state index contributed by atoms with van der Waals surface area (Å²) >= 11 is 0. The standard InChI is InChI=1S/C19H21OSi/c1-19(20,18-9-12-2-3-15(18)8-12)16-6-4-14-11-17(21)7-5-13(14)10-16/h4-7,10-12,15,18,20H,2-3,8-9H2,1H3. The fourth-order valence-corrected chi connectivity index (χ4v) is 4.95. The topological polar surface area (TPSA) is 20.2 Å². The fourth-order valence-electron chi connectivity index (χ4n) is 4.71. The molecule has 2 saturated carbocycles. The van der Waals surface area contributed by atoms with Crippen LogP contribution in [0.25, 0.3) is 10.8 Å². The summed E-state index contributed by atoms with van der Waals surface area (Å²) in [7, 11) is 3.57. The minimum absolute atomic E-state index is 0.434. The van der Waals surface area contributed by atoms with Crippen molar-refractivity contribution >= 4 is 26.2 Å². The van der Waals surface area contributed by atoms with Gasteiger partial charge in [-0.2, -0.15) is 0 Å². The van der Waals surface area contributed by atoms with Crippen molar-refractivity contribution in [2.75, 3.05) is 0 Å². The van der Waals surface area contributed by atoms with Crippen LogP contribution in [0.1, 0.15) is 38.2 Å². The largest absolute Gasteiger partial charge is 0.385 e.